The van der Waals surface area contributed by atoms with Crippen molar-refractivity contribution in [3.63, 3.8) is 0 Å². The van der Waals surface area contributed by atoms with Crippen molar-refractivity contribution in [2.45, 2.75) is 67.3 Å². The van der Waals surface area contributed by atoms with Crippen molar-refractivity contribution in [1.82, 2.24) is 21.3 Å². The lowest BCUT2D eigenvalue weighted by molar-refractivity contribution is -0.149. The minimum absolute atomic E-state index is 0.0331. The number of carbonyl (C=O) groups is 8. The van der Waals surface area contributed by atoms with Gasteiger partial charge in [0.2, 0.25) is 0 Å². The van der Waals surface area contributed by atoms with Gasteiger partial charge in [0.25, 0.3) is 0 Å². The van der Waals surface area contributed by atoms with Gasteiger partial charge in [-0.1, -0.05) is 71.9 Å². The predicted octanol–water partition coefficient (Wildman–Crippen LogP) is 2.85. The fourth-order valence-electron chi connectivity index (χ4n) is 3.04. The summed E-state index contributed by atoms with van der Waals surface area (Å²) < 4.78 is 23.9. The van der Waals surface area contributed by atoms with Gasteiger partial charge < -0.3 is 55.2 Å². The minimum Gasteiger partial charge on any atom is -0.480 e. The standard InChI is InChI=1S/C15H21NO4.C10H18N2O5.C10H17NO6/c1-3-12(2)14(17)19-9-10-20-15(18)16-11-13-7-5-4-6-8-13;1-3-7(2)9(15)17-5-4-11-10(16)12-6-8(13)14;1-3-7(2)9(14)16-5-4-11-10(15)17-6-8(12)13/h4-8,12H,3,9-11H2,1-2H3,(H,16,18);7H,3-6H2,1-2H3,(H,13,14)(H2,11,12,16);7H,3-6H2,1-2H3,(H,11,15)(H,12,13). The Balaban J connectivity index is 0. The highest BCUT2D eigenvalue weighted by Gasteiger charge is 2.14. The number of hydrogen-bond acceptors (Lipinski definition) is 13. The molecule has 0 aromatic heterocycles. The van der Waals surface area contributed by atoms with Crippen LogP contribution < -0.4 is 21.3 Å². The number of rotatable bonds is 21. The first-order valence-corrected chi connectivity index (χ1v) is 17.4. The number of carboxylic acids is 2. The van der Waals surface area contributed by atoms with Crippen LogP contribution in [0.4, 0.5) is 14.4 Å². The van der Waals surface area contributed by atoms with Crippen LogP contribution in [-0.4, -0.2) is 111 Å². The number of carbonyl (C=O) groups excluding carboxylic acids is 6. The lowest BCUT2D eigenvalue weighted by atomic mass is 10.1. The van der Waals surface area contributed by atoms with Gasteiger partial charge in [0.1, 0.15) is 33.0 Å². The Bertz CT molecular complexity index is 1220. The van der Waals surface area contributed by atoms with E-state index < -0.39 is 43.3 Å². The number of ether oxygens (including phenoxy) is 5. The first kappa shape index (κ1) is 50.5. The van der Waals surface area contributed by atoms with Crippen LogP contribution in [0.15, 0.2) is 30.3 Å². The number of hydrogen-bond donors (Lipinski definition) is 6. The number of urea groups is 1. The second-order valence-electron chi connectivity index (χ2n) is 11.3. The SMILES string of the molecule is CCC(C)C(=O)OCCNC(=O)NCC(=O)O.CCC(C)C(=O)OCCNC(=O)OCC(=O)O.CCC(C)C(=O)OCCOC(=O)NCc1ccccc1. The van der Waals surface area contributed by atoms with E-state index in [9.17, 15) is 38.4 Å². The molecule has 1 aromatic rings. The quantitative estimate of drug-likeness (QED) is 0.0596. The van der Waals surface area contributed by atoms with Crippen molar-refractivity contribution in [3.05, 3.63) is 35.9 Å². The maximum atomic E-state index is 11.4. The first-order chi connectivity index (χ1) is 25.6. The Morgan fingerprint density at radius 1 is 0.556 bits per heavy atom. The van der Waals surface area contributed by atoms with Crippen molar-refractivity contribution >= 4 is 48.1 Å². The van der Waals surface area contributed by atoms with Crippen LogP contribution in [0.3, 0.4) is 0 Å². The third kappa shape index (κ3) is 30.0. The van der Waals surface area contributed by atoms with E-state index in [1.54, 1.807) is 20.8 Å². The average Bonchev–Trinajstić information content (AvgIpc) is 3.16. The molecule has 1 rings (SSSR count). The van der Waals surface area contributed by atoms with Crippen molar-refractivity contribution < 1.29 is 72.3 Å². The lowest BCUT2D eigenvalue weighted by Crippen LogP contribution is -2.40. The summed E-state index contributed by atoms with van der Waals surface area (Å²) in [5.41, 5.74) is 0.993. The number of benzene rings is 1. The zero-order valence-corrected chi connectivity index (χ0v) is 31.8. The highest BCUT2D eigenvalue weighted by atomic mass is 16.6. The van der Waals surface area contributed by atoms with Crippen LogP contribution in [-0.2, 0) is 54.2 Å². The molecule has 0 radical (unpaired) electrons. The molecule has 0 bridgehead atoms. The third-order valence-corrected chi connectivity index (χ3v) is 6.86. The summed E-state index contributed by atoms with van der Waals surface area (Å²) in [5.74, 6) is -3.70. The molecular formula is C35H56N4O15. The molecule has 3 unspecified atom stereocenters. The molecular weight excluding hydrogens is 716 g/mol. The number of carboxylic acid groups (broad SMARTS) is 2. The predicted molar refractivity (Wildman–Crippen MR) is 192 cm³/mol. The van der Waals surface area contributed by atoms with E-state index in [4.69, 9.17) is 29.2 Å². The van der Waals surface area contributed by atoms with Crippen molar-refractivity contribution in [3.8, 4) is 0 Å². The number of esters is 3. The number of alkyl carbamates (subject to hydrolysis) is 2. The second-order valence-corrected chi connectivity index (χ2v) is 11.3. The average molecular weight is 773 g/mol. The molecule has 0 aliphatic carbocycles. The molecule has 1 aromatic carbocycles. The van der Waals surface area contributed by atoms with Gasteiger partial charge in [0, 0.05) is 6.54 Å². The fourth-order valence-corrected chi connectivity index (χ4v) is 3.04. The molecule has 3 atom stereocenters. The molecule has 0 saturated heterocycles. The Hall–Kier alpha value is -5.62. The van der Waals surface area contributed by atoms with E-state index in [-0.39, 0.29) is 75.2 Å². The molecule has 0 heterocycles. The minimum atomic E-state index is -1.23. The maximum absolute atomic E-state index is 11.4. The molecule has 19 nitrogen and oxygen atoms in total. The summed E-state index contributed by atoms with van der Waals surface area (Å²) in [6.07, 6.45) is 0.746. The summed E-state index contributed by atoms with van der Waals surface area (Å²) in [6, 6.07) is 8.93. The molecule has 0 fully saturated rings. The molecule has 0 spiro atoms. The van der Waals surface area contributed by atoms with Crippen LogP contribution in [0.25, 0.3) is 0 Å². The van der Waals surface area contributed by atoms with Gasteiger partial charge in [-0.2, -0.15) is 0 Å². The van der Waals surface area contributed by atoms with Gasteiger partial charge in [0.15, 0.2) is 6.61 Å². The van der Waals surface area contributed by atoms with Crippen LogP contribution in [0.2, 0.25) is 0 Å². The van der Waals surface area contributed by atoms with E-state index in [1.165, 1.54) is 0 Å². The molecule has 0 aliphatic rings. The summed E-state index contributed by atoms with van der Waals surface area (Å²) >= 11 is 0. The second kappa shape index (κ2) is 32.1. The summed E-state index contributed by atoms with van der Waals surface area (Å²) in [7, 11) is 0. The molecule has 0 aliphatic heterocycles. The third-order valence-electron chi connectivity index (χ3n) is 6.86. The van der Waals surface area contributed by atoms with Gasteiger partial charge in [-0.05, 0) is 24.8 Å². The Kier molecular flexibility index (Phi) is 30.0. The van der Waals surface area contributed by atoms with Crippen LogP contribution in [0.1, 0.15) is 66.4 Å². The van der Waals surface area contributed by atoms with Gasteiger partial charge in [-0.3, -0.25) is 19.2 Å². The Labute approximate surface area is 315 Å². The highest BCUT2D eigenvalue weighted by molar-refractivity contribution is 5.80. The molecule has 4 amide bonds. The zero-order valence-electron chi connectivity index (χ0n) is 31.8. The smallest absolute Gasteiger partial charge is 0.407 e. The number of nitrogens with one attached hydrogen (secondary N) is 4. The number of aliphatic carboxylic acids is 2. The molecule has 6 N–H and O–H groups in total. The molecule has 306 valence electrons. The van der Waals surface area contributed by atoms with E-state index in [0.29, 0.717) is 19.4 Å². The molecule has 19 heteroatoms. The Morgan fingerprint density at radius 3 is 1.46 bits per heavy atom. The van der Waals surface area contributed by atoms with Gasteiger partial charge >= 0.3 is 48.1 Å². The topological polar surface area (TPSA) is 271 Å². The lowest BCUT2D eigenvalue weighted by Gasteiger charge is -2.10. The van der Waals surface area contributed by atoms with E-state index in [1.807, 2.05) is 51.1 Å². The van der Waals surface area contributed by atoms with Gasteiger partial charge in [0.05, 0.1) is 30.8 Å². The zero-order chi connectivity index (χ0) is 41.3. The maximum Gasteiger partial charge on any atom is 0.407 e. The van der Waals surface area contributed by atoms with Gasteiger partial charge in [-0.25, -0.2) is 19.2 Å². The first-order valence-electron chi connectivity index (χ1n) is 17.4. The monoisotopic (exact) mass is 772 g/mol. The largest absolute Gasteiger partial charge is 0.480 e. The van der Waals surface area contributed by atoms with Gasteiger partial charge in [-0.15, -0.1) is 0 Å². The van der Waals surface area contributed by atoms with Crippen molar-refractivity contribution in [2.75, 3.05) is 52.7 Å². The highest BCUT2D eigenvalue weighted by Crippen LogP contribution is 2.04. The Morgan fingerprint density at radius 2 is 1.00 bits per heavy atom. The summed E-state index contributed by atoms with van der Waals surface area (Å²) in [5, 5.41) is 25.8. The summed E-state index contributed by atoms with van der Waals surface area (Å²) in [6.45, 7) is 10.7. The normalized spacial score (nSPS) is 11.4. The van der Waals surface area contributed by atoms with E-state index in [2.05, 4.69) is 26.0 Å². The fraction of sp³-hybridized carbons (Fsp3) is 0.600. The number of amides is 4. The van der Waals surface area contributed by atoms with E-state index >= 15 is 0 Å². The van der Waals surface area contributed by atoms with Crippen molar-refractivity contribution in [2.24, 2.45) is 17.8 Å². The van der Waals surface area contributed by atoms with Crippen LogP contribution in [0.5, 0.6) is 0 Å². The van der Waals surface area contributed by atoms with Crippen LogP contribution in [0, 0.1) is 17.8 Å². The summed E-state index contributed by atoms with van der Waals surface area (Å²) in [4.78, 5) is 87.1. The van der Waals surface area contributed by atoms with Crippen molar-refractivity contribution in [1.29, 1.82) is 0 Å². The van der Waals surface area contributed by atoms with E-state index in [0.717, 1.165) is 12.0 Å². The molecule has 0 saturated carbocycles. The van der Waals surface area contributed by atoms with Crippen LogP contribution >= 0.6 is 0 Å². The molecule has 54 heavy (non-hydrogen) atoms.